The first-order valence-corrected chi connectivity index (χ1v) is 14.7. The first kappa shape index (κ1) is 28.4. The maximum atomic E-state index is 12.6. The zero-order chi connectivity index (χ0) is 30.3. The Balaban J connectivity index is 1.19. The Morgan fingerprint density at radius 1 is 1.02 bits per heavy atom. The van der Waals surface area contributed by atoms with Crippen molar-refractivity contribution in [2.45, 2.75) is 52.7 Å². The predicted molar refractivity (Wildman–Crippen MR) is 170 cm³/mol. The molecule has 43 heavy (non-hydrogen) atoms. The van der Waals surface area contributed by atoms with Crippen LogP contribution < -0.4 is 10.2 Å². The van der Waals surface area contributed by atoms with Crippen molar-refractivity contribution < 1.29 is 9.53 Å². The van der Waals surface area contributed by atoms with Gasteiger partial charge < -0.3 is 24.4 Å². The zero-order valence-electron chi connectivity index (χ0n) is 25.6. The largest absolute Gasteiger partial charge is 0.444 e. The minimum atomic E-state index is -0.519. The number of aromatic nitrogens is 5. The fourth-order valence-corrected chi connectivity index (χ4v) is 5.62. The molecule has 0 aliphatic carbocycles. The molecule has 0 spiro atoms. The first-order chi connectivity index (χ1) is 20.5. The fourth-order valence-electron chi connectivity index (χ4n) is 5.62. The summed E-state index contributed by atoms with van der Waals surface area (Å²) in [6.07, 6.45) is 5.76. The number of carbonyl (C=O) groups is 1. The molecule has 0 radical (unpaired) electrons. The third kappa shape index (κ3) is 6.09. The molecule has 0 bridgehead atoms. The molecule has 1 fully saturated rings. The molecular weight excluding hydrogens is 540 g/mol. The van der Waals surface area contributed by atoms with Gasteiger partial charge >= 0.3 is 6.09 Å². The third-order valence-electron chi connectivity index (χ3n) is 7.87. The summed E-state index contributed by atoms with van der Waals surface area (Å²) in [5, 5.41) is 4.40. The SMILES string of the molecule is Cc1cc(Nc2ncnc3cnc(N4CCN(C(=O)OC(C)(C)C)C[C@@H]4C)cc23)ccc1Cc1ccc2c(c1)ncn2C. The van der Waals surface area contributed by atoms with E-state index in [-0.39, 0.29) is 12.1 Å². The van der Waals surface area contributed by atoms with Crippen molar-refractivity contribution in [1.82, 2.24) is 29.4 Å². The number of rotatable bonds is 5. The van der Waals surface area contributed by atoms with Crippen LogP contribution in [0.5, 0.6) is 0 Å². The van der Waals surface area contributed by atoms with Crippen molar-refractivity contribution in [3.05, 3.63) is 78.0 Å². The molecule has 10 heteroatoms. The Kier molecular flexibility index (Phi) is 7.37. The Hall–Kier alpha value is -4.73. The van der Waals surface area contributed by atoms with E-state index in [2.05, 4.69) is 75.4 Å². The van der Waals surface area contributed by atoms with Crippen LogP contribution >= 0.6 is 0 Å². The van der Waals surface area contributed by atoms with Gasteiger partial charge in [-0.25, -0.2) is 24.7 Å². The van der Waals surface area contributed by atoms with Crippen molar-refractivity contribution >= 4 is 45.4 Å². The van der Waals surface area contributed by atoms with E-state index in [0.29, 0.717) is 19.6 Å². The quantitative estimate of drug-likeness (QED) is 0.271. The van der Waals surface area contributed by atoms with Crippen molar-refractivity contribution in [2.75, 3.05) is 29.9 Å². The summed E-state index contributed by atoms with van der Waals surface area (Å²) < 4.78 is 7.62. The van der Waals surface area contributed by atoms with Gasteiger partial charge in [0.05, 0.1) is 29.1 Å². The Morgan fingerprint density at radius 3 is 2.63 bits per heavy atom. The standard InChI is InChI=1S/C33H38N8O2/c1-21-13-25(9-8-24(21)14-23-7-10-29-27(15-23)37-20-39(29)6)38-31-26-16-30(34-17-28(26)35-19-36-31)41-12-11-40(18-22(41)2)32(42)43-33(3,4)5/h7-10,13,15-17,19-20,22H,11-12,14,18H2,1-6H3,(H,35,36,38)/t22-/m0/s1. The number of hydrogen-bond donors (Lipinski definition) is 1. The van der Waals surface area contributed by atoms with E-state index >= 15 is 0 Å². The van der Waals surface area contributed by atoms with Crippen LogP contribution in [0.2, 0.25) is 0 Å². The summed E-state index contributed by atoms with van der Waals surface area (Å²) in [6.45, 7) is 11.7. The Labute approximate surface area is 251 Å². The van der Waals surface area contributed by atoms with Crippen LogP contribution in [0.1, 0.15) is 44.4 Å². The number of anilines is 3. The van der Waals surface area contributed by atoms with Gasteiger partial charge in [-0.1, -0.05) is 12.1 Å². The highest BCUT2D eigenvalue weighted by molar-refractivity contribution is 5.92. The lowest BCUT2D eigenvalue weighted by atomic mass is 9.99. The number of benzene rings is 2. The Bertz CT molecular complexity index is 1810. The highest BCUT2D eigenvalue weighted by Gasteiger charge is 2.30. The van der Waals surface area contributed by atoms with E-state index < -0.39 is 5.60 Å². The van der Waals surface area contributed by atoms with Crippen molar-refractivity contribution in [3.63, 3.8) is 0 Å². The van der Waals surface area contributed by atoms with Gasteiger partial charge in [0.15, 0.2) is 0 Å². The van der Waals surface area contributed by atoms with Gasteiger partial charge in [0, 0.05) is 43.8 Å². The lowest BCUT2D eigenvalue weighted by Crippen LogP contribution is -2.54. The number of fused-ring (bicyclic) bond motifs is 2. The van der Waals surface area contributed by atoms with E-state index in [0.717, 1.165) is 45.7 Å². The number of hydrogen-bond acceptors (Lipinski definition) is 8. The minimum Gasteiger partial charge on any atom is -0.444 e. The van der Waals surface area contributed by atoms with E-state index in [4.69, 9.17) is 9.72 Å². The molecule has 1 N–H and O–H groups in total. The van der Waals surface area contributed by atoms with Crippen LogP contribution in [0.25, 0.3) is 21.9 Å². The molecule has 2 aromatic carbocycles. The van der Waals surface area contributed by atoms with Gasteiger partial charge in [0.1, 0.15) is 23.6 Å². The number of amides is 1. The molecule has 0 saturated carbocycles. The molecule has 4 heterocycles. The van der Waals surface area contributed by atoms with Crippen LogP contribution in [0.3, 0.4) is 0 Å². The highest BCUT2D eigenvalue weighted by Crippen LogP contribution is 2.29. The molecule has 1 amide bonds. The molecule has 1 saturated heterocycles. The molecule has 1 atom stereocenters. The second kappa shape index (κ2) is 11.2. The number of piperazine rings is 1. The molecule has 222 valence electrons. The number of carbonyl (C=O) groups excluding carboxylic acids is 1. The summed E-state index contributed by atoms with van der Waals surface area (Å²) in [4.78, 5) is 34.9. The van der Waals surface area contributed by atoms with Gasteiger partial charge in [0.25, 0.3) is 0 Å². The van der Waals surface area contributed by atoms with E-state index in [9.17, 15) is 4.79 Å². The van der Waals surface area contributed by atoms with Gasteiger partial charge in [-0.2, -0.15) is 0 Å². The average molecular weight is 579 g/mol. The highest BCUT2D eigenvalue weighted by atomic mass is 16.6. The molecule has 5 aromatic rings. The van der Waals surface area contributed by atoms with Gasteiger partial charge in [-0.3, -0.25) is 0 Å². The molecule has 3 aromatic heterocycles. The third-order valence-corrected chi connectivity index (χ3v) is 7.87. The van der Waals surface area contributed by atoms with Crippen LogP contribution in [0.15, 0.2) is 61.3 Å². The molecule has 1 aliphatic rings. The smallest absolute Gasteiger partial charge is 0.410 e. The number of imidazole rings is 1. The number of aryl methyl sites for hydroxylation is 2. The maximum absolute atomic E-state index is 12.6. The molecule has 10 nitrogen and oxygen atoms in total. The van der Waals surface area contributed by atoms with Crippen LogP contribution in [0.4, 0.5) is 22.1 Å². The molecular formula is C33H38N8O2. The first-order valence-electron chi connectivity index (χ1n) is 14.7. The van der Waals surface area contributed by atoms with Crippen LogP contribution in [0, 0.1) is 6.92 Å². The maximum Gasteiger partial charge on any atom is 0.410 e. The Morgan fingerprint density at radius 2 is 1.86 bits per heavy atom. The van der Waals surface area contributed by atoms with Crippen LogP contribution in [-0.4, -0.2) is 66.8 Å². The molecule has 0 unspecified atom stereocenters. The molecule has 1 aliphatic heterocycles. The zero-order valence-corrected chi connectivity index (χ0v) is 25.6. The van der Waals surface area contributed by atoms with Crippen molar-refractivity contribution in [2.24, 2.45) is 7.05 Å². The number of pyridine rings is 1. The van der Waals surface area contributed by atoms with Gasteiger partial charge in [-0.05, 0) is 88.1 Å². The fraction of sp³-hybridized carbons (Fsp3) is 0.364. The normalized spacial score (nSPS) is 15.7. The summed E-state index contributed by atoms with van der Waals surface area (Å²) >= 11 is 0. The van der Waals surface area contributed by atoms with E-state index in [1.807, 2.05) is 44.8 Å². The second-order valence-electron chi connectivity index (χ2n) is 12.4. The lowest BCUT2D eigenvalue weighted by Gasteiger charge is -2.40. The van der Waals surface area contributed by atoms with Crippen LogP contribution in [-0.2, 0) is 18.2 Å². The second-order valence-corrected chi connectivity index (χ2v) is 12.4. The lowest BCUT2D eigenvalue weighted by molar-refractivity contribution is 0.0218. The minimum absolute atomic E-state index is 0.0702. The number of ether oxygens (including phenoxy) is 1. The molecule has 6 rings (SSSR count). The monoisotopic (exact) mass is 578 g/mol. The van der Waals surface area contributed by atoms with Gasteiger partial charge in [0.2, 0.25) is 0 Å². The summed E-state index contributed by atoms with van der Waals surface area (Å²) in [7, 11) is 2.01. The van der Waals surface area contributed by atoms with Gasteiger partial charge in [-0.15, -0.1) is 0 Å². The predicted octanol–water partition coefficient (Wildman–Crippen LogP) is 6.00. The van der Waals surface area contributed by atoms with E-state index in [1.54, 1.807) is 17.4 Å². The summed E-state index contributed by atoms with van der Waals surface area (Å²) in [5.74, 6) is 1.56. The summed E-state index contributed by atoms with van der Waals surface area (Å²) in [6, 6.07) is 15.0. The average Bonchev–Trinajstić information content (AvgIpc) is 3.33. The number of nitrogens with zero attached hydrogens (tertiary/aromatic N) is 7. The topological polar surface area (TPSA) is 101 Å². The van der Waals surface area contributed by atoms with Crippen molar-refractivity contribution in [3.8, 4) is 0 Å². The van der Waals surface area contributed by atoms with Crippen molar-refractivity contribution in [1.29, 1.82) is 0 Å². The van der Waals surface area contributed by atoms with E-state index in [1.165, 1.54) is 16.7 Å². The number of nitrogens with one attached hydrogen (secondary N) is 1. The summed E-state index contributed by atoms with van der Waals surface area (Å²) in [5.41, 5.74) is 7.04.